The van der Waals surface area contributed by atoms with Crippen LogP contribution in [0.25, 0.3) is 0 Å². The fraction of sp³-hybridized carbons (Fsp3) is 0.333. The number of benzene rings is 2. The number of nitrogens with one attached hydrogen (secondary N) is 1. The van der Waals surface area contributed by atoms with Crippen LogP contribution in [0.2, 0.25) is 0 Å². The number of thiophene rings is 1. The van der Waals surface area contributed by atoms with Crippen molar-refractivity contribution in [3.8, 4) is 11.5 Å². The van der Waals surface area contributed by atoms with Gasteiger partial charge in [0.05, 0.1) is 16.2 Å². The molecule has 1 heterocycles. The van der Waals surface area contributed by atoms with Gasteiger partial charge < -0.3 is 15.2 Å². The highest BCUT2D eigenvalue weighted by Gasteiger charge is 2.33. The predicted molar refractivity (Wildman–Crippen MR) is 148 cm³/mol. The van der Waals surface area contributed by atoms with E-state index in [1.807, 2.05) is 36.4 Å². The van der Waals surface area contributed by atoms with Gasteiger partial charge in [-0.05, 0) is 88.6 Å². The molecule has 3 aromatic rings. The summed E-state index contributed by atoms with van der Waals surface area (Å²) in [6, 6.07) is 13.1. The minimum Gasteiger partial charge on any atom is -0.504 e. The number of phenolic OH excluding ortho intramolecular Hbond substituents is 1. The molecule has 0 aliphatic heterocycles. The zero-order valence-electron chi connectivity index (χ0n) is 19.8. The molecule has 5 nitrogen and oxygen atoms in total. The Bertz CT molecular complexity index is 1230. The van der Waals surface area contributed by atoms with E-state index in [1.165, 1.54) is 12.0 Å². The third-order valence-electron chi connectivity index (χ3n) is 6.33. The fourth-order valence-electron chi connectivity index (χ4n) is 4.31. The van der Waals surface area contributed by atoms with Gasteiger partial charge in [-0.3, -0.25) is 4.79 Å². The molecule has 1 amide bonds. The van der Waals surface area contributed by atoms with Crippen LogP contribution in [0.4, 0.5) is 10.7 Å². The Labute approximate surface area is 218 Å². The number of hydrogen-bond donors (Lipinski definition) is 2. The van der Waals surface area contributed by atoms with E-state index >= 15 is 0 Å². The molecular weight excluding hydrogens is 559 g/mol. The SMILES string of the molecule is COc1cc(C=Nc2sc3c(c2C(=O)Nc2ccccc2)CC[C@@H](C(C)(C)C)C3)cc(I)c1O. The van der Waals surface area contributed by atoms with E-state index < -0.39 is 0 Å². The number of halogens is 1. The third-order valence-corrected chi connectivity index (χ3v) is 8.32. The Kier molecular flexibility index (Phi) is 7.33. The summed E-state index contributed by atoms with van der Waals surface area (Å²) < 4.78 is 5.96. The molecule has 1 aliphatic rings. The number of phenols is 1. The molecule has 0 radical (unpaired) electrons. The van der Waals surface area contributed by atoms with Crippen LogP contribution in [0.3, 0.4) is 0 Å². The van der Waals surface area contributed by atoms with Crippen molar-refractivity contribution < 1.29 is 14.6 Å². The van der Waals surface area contributed by atoms with Gasteiger partial charge in [0.2, 0.25) is 0 Å². The maximum absolute atomic E-state index is 13.4. The summed E-state index contributed by atoms with van der Waals surface area (Å²) in [7, 11) is 1.52. The highest BCUT2D eigenvalue weighted by Crippen LogP contribution is 2.45. The number of amides is 1. The summed E-state index contributed by atoms with van der Waals surface area (Å²) in [5.74, 6) is 0.961. The predicted octanol–water partition coefficient (Wildman–Crippen LogP) is 7.22. The van der Waals surface area contributed by atoms with Gasteiger partial charge in [0, 0.05) is 16.8 Å². The van der Waals surface area contributed by atoms with Crippen molar-refractivity contribution in [2.24, 2.45) is 16.3 Å². The van der Waals surface area contributed by atoms with Crippen molar-refractivity contribution in [1.82, 2.24) is 0 Å². The maximum atomic E-state index is 13.4. The number of carbonyl (C=O) groups excluding carboxylic acids is 1. The second-order valence-corrected chi connectivity index (χ2v) is 11.9. The van der Waals surface area contributed by atoms with Crippen LogP contribution in [0, 0.1) is 14.9 Å². The standard InChI is InChI=1S/C27H29IN2O3S/c1-27(2,3)17-10-11-19-22(14-17)34-26(23(19)25(32)30-18-8-6-5-7-9-18)29-15-16-12-20(28)24(31)21(13-16)33-4/h5-9,12-13,15,17,31H,10-11,14H2,1-4H3,(H,30,32)/t17-/m1/s1. The molecule has 178 valence electrons. The van der Waals surface area contributed by atoms with E-state index in [2.05, 4.69) is 48.7 Å². The van der Waals surface area contributed by atoms with E-state index in [4.69, 9.17) is 9.73 Å². The van der Waals surface area contributed by atoms with Crippen LogP contribution in [-0.4, -0.2) is 24.3 Å². The number of rotatable bonds is 5. The lowest BCUT2D eigenvalue weighted by Gasteiger charge is -2.33. The van der Waals surface area contributed by atoms with E-state index in [-0.39, 0.29) is 17.1 Å². The number of anilines is 1. The van der Waals surface area contributed by atoms with E-state index in [9.17, 15) is 9.90 Å². The Morgan fingerprint density at radius 2 is 2.00 bits per heavy atom. The lowest BCUT2D eigenvalue weighted by Crippen LogP contribution is -2.27. The first-order valence-corrected chi connectivity index (χ1v) is 13.2. The zero-order chi connectivity index (χ0) is 24.5. The molecule has 1 aliphatic carbocycles. The third kappa shape index (κ3) is 5.30. The number of nitrogens with zero attached hydrogens (tertiary/aromatic N) is 1. The van der Waals surface area contributed by atoms with Crippen LogP contribution in [0.5, 0.6) is 11.5 Å². The molecule has 2 N–H and O–H groups in total. The quantitative estimate of drug-likeness (QED) is 0.244. The van der Waals surface area contributed by atoms with Gasteiger partial charge in [-0.25, -0.2) is 4.99 Å². The van der Waals surface area contributed by atoms with Gasteiger partial charge in [0.15, 0.2) is 11.5 Å². The number of carbonyl (C=O) groups is 1. The van der Waals surface area contributed by atoms with Crippen molar-refractivity contribution in [2.45, 2.75) is 40.0 Å². The second-order valence-electron chi connectivity index (χ2n) is 9.62. The van der Waals surface area contributed by atoms with Gasteiger partial charge in [-0.1, -0.05) is 39.0 Å². The molecule has 0 bridgehead atoms. The highest BCUT2D eigenvalue weighted by atomic mass is 127. The van der Waals surface area contributed by atoms with Crippen molar-refractivity contribution in [3.05, 3.63) is 67.6 Å². The molecule has 34 heavy (non-hydrogen) atoms. The van der Waals surface area contributed by atoms with Gasteiger partial charge in [-0.2, -0.15) is 0 Å². The number of methoxy groups -OCH3 is 1. The molecule has 1 aromatic heterocycles. The average Bonchev–Trinajstić information content (AvgIpc) is 3.17. The van der Waals surface area contributed by atoms with Gasteiger partial charge in [0.1, 0.15) is 5.00 Å². The molecular formula is C27H29IN2O3S. The Balaban J connectivity index is 1.72. The summed E-state index contributed by atoms with van der Waals surface area (Å²) in [5, 5.41) is 13.9. The first kappa shape index (κ1) is 24.7. The molecule has 0 spiro atoms. The monoisotopic (exact) mass is 588 g/mol. The first-order valence-electron chi connectivity index (χ1n) is 11.3. The largest absolute Gasteiger partial charge is 0.504 e. The summed E-state index contributed by atoms with van der Waals surface area (Å²) in [6.45, 7) is 6.87. The van der Waals surface area contributed by atoms with Gasteiger partial charge >= 0.3 is 0 Å². The molecule has 7 heteroatoms. The fourth-order valence-corrected chi connectivity index (χ4v) is 6.20. The average molecular weight is 589 g/mol. The van der Waals surface area contributed by atoms with Crippen molar-refractivity contribution >= 4 is 56.7 Å². The molecule has 2 aromatic carbocycles. The summed E-state index contributed by atoms with van der Waals surface area (Å²) in [4.78, 5) is 19.5. The lowest BCUT2D eigenvalue weighted by molar-refractivity contribution is 0.102. The minimum absolute atomic E-state index is 0.114. The normalized spacial score (nSPS) is 15.9. The summed E-state index contributed by atoms with van der Waals surface area (Å²) in [5.41, 5.74) is 3.59. The van der Waals surface area contributed by atoms with Crippen LogP contribution in [-0.2, 0) is 12.8 Å². The second kappa shape index (κ2) is 10.1. The van der Waals surface area contributed by atoms with Crippen LogP contribution in [0.1, 0.15) is 53.6 Å². The minimum atomic E-state index is -0.122. The van der Waals surface area contributed by atoms with Gasteiger partial charge in [0.25, 0.3) is 5.91 Å². The molecule has 0 saturated carbocycles. The number of aromatic hydroxyl groups is 1. The van der Waals surface area contributed by atoms with Crippen molar-refractivity contribution in [2.75, 3.05) is 12.4 Å². The van der Waals surface area contributed by atoms with E-state index in [0.717, 1.165) is 41.1 Å². The van der Waals surface area contributed by atoms with Gasteiger partial charge in [-0.15, -0.1) is 11.3 Å². The summed E-state index contributed by atoms with van der Waals surface area (Å²) in [6.07, 6.45) is 4.65. The maximum Gasteiger partial charge on any atom is 0.259 e. The Morgan fingerprint density at radius 1 is 1.26 bits per heavy atom. The lowest BCUT2D eigenvalue weighted by atomic mass is 9.72. The molecule has 0 saturated heterocycles. The van der Waals surface area contributed by atoms with Crippen molar-refractivity contribution in [1.29, 1.82) is 0 Å². The number of hydrogen-bond acceptors (Lipinski definition) is 5. The Hall–Kier alpha value is -2.39. The topological polar surface area (TPSA) is 70.9 Å². The van der Waals surface area contributed by atoms with Crippen molar-refractivity contribution in [3.63, 3.8) is 0 Å². The van der Waals surface area contributed by atoms with Crippen LogP contribution in [0.15, 0.2) is 47.5 Å². The highest BCUT2D eigenvalue weighted by molar-refractivity contribution is 14.1. The molecule has 4 rings (SSSR count). The molecule has 0 unspecified atom stereocenters. The number of aliphatic imine (C=N–C) groups is 1. The van der Waals surface area contributed by atoms with Crippen LogP contribution < -0.4 is 10.1 Å². The van der Waals surface area contributed by atoms with E-state index in [1.54, 1.807) is 23.6 Å². The number of ether oxygens (including phenoxy) is 1. The Morgan fingerprint density at radius 3 is 2.68 bits per heavy atom. The smallest absolute Gasteiger partial charge is 0.259 e. The zero-order valence-corrected chi connectivity index (χ0v) is 22.8. The number of para-hydroxylation sites is 1. The van der Waals surface area contributed by atoms with Crippen LogP contribution >= 0.6 is 33.9 Å². The molecule has 1 atom stereocenters. The first-order chi connectivity index (χ1) is 16.2. The summed E-state index contributed by atoms with van der Waals surface area (Å²) >= 11 is 3.69. The number of fused-ring (bicyclic) bond motifs is 1. The molecule has 0 fully saturated rings. The van der Waals surface area contributed by atoms with E-state index in [0.29, 0.717) is 20.8 Å².